The van der Waals surface area contributed by atoms with Crippen LogP contribution in [0, 0.1) is 0 Å². The number of hydrogen-bond donors (Lipinski definition) is 1. The van der Waals surface area contributed by atoms with E-state index in [1.807, 2.05) is 18.2 Å². The quantitative estimate of drug-likeness (QED) is 0.939. The van der Waals surface area contributed by atoms with Crippen LogP contribution in [-0.4, -0.2) is 30.7 Å². The molecule has 3 rings (SSSR count). The maximum Gasteiger partial charge on any atom is 0.160 e. The maximum absolute atomic E-state index is 10.1. The van der Waals surface area contributed by atoms with Gasteiger partial charge in [0.2, 0.25) is 0 Å². The summed E-state index contributed by atoms with van der Waals surface area (Å²) < 4.78 is 5.23. The predicted molar refractivity (Wildman–Crippen MR) is 83.9 cm³/mol. The van der Waals surface area contributed by atoms with Gasteiger partial charge in [-0.2, -0.15) is 0 Å². The normalized spacial score (nSPS) is 18.3. The summed E-state index contributed by atoms with van der Waals surface area (Å²) in [5, 5.41) is 10.1. The standard InChI is InChI=1S/C18H21NO2/c1-19-9-8-14-11-18(21-2)17(20)12-15(14)16(19)10-13-6-4-3-5-7-13/h3-7,11-12,16,20H,8-10H2,1-2H3. The fourth-order valence-corrected chi connectivity index (χ4v) is 3.11. The van der Waals surface area contributed by atoms with E-state index in [0.29, 0.717) is 11.8 Å². The molecule has 110 valence electrons. The molecule has 0 aliphatic carbocycles. The summed E-state index contributed by atoms with van der Waals surface area (Å²) in [5.74, 6) is 0.793. The summed E-state index contributed by atoms with van der Waals surface area (Å²) >= 11 is 0. The molecule has 0 amide bonds. The van der Waals surface area contributed by atoms with Crippen LogP contribution in [0.4, 0.5) is 0 Å². The van der Waals surface area contributed by atoms with Crippen molar-refractivity contribution in [2.75, 3.05) is 20.7 Å². The zero-order valence-electron chi connectivity index (χ0n) is 12.5. The highest BCUT2D eigenvalue weighted by atomic mass is 16.5. The first kappa shape index (κ1) is 14.0. The molecule has 1 unspecified atom stereocenters. The highest BCUT2D eigenvalue weighted by molar-refractivity contribution is 5.49. The highest BCUT2D eigenvalue weighted by Crippen LogP contribution is 2.38. The molecule has 0 saturated heterocycles. The summed E-state index contributed by atoms with van der Waals surface area (Å²) in [6.07, 6.45) is 1.95. The van der Waals surface area contributed by atoms with E-state index < -0.39 is 0 Å². The van der Waals surface area contributed by atoms with Gasteiger partial charge in [-0.1, -0.05) is 30.3 Å². The second-order valence-electron chi connectivity index (χ2n) is 5.66. The van der Waals surface area contributed by atoms with E-state index in [2.05, 4.69) is 36.2 Å². The summed E-state index contributed by atoms with van der Waals surface area (Å²) in [6, 6.07) is 14.7. The first-order valence-electron chi connectivity index (χ1n) is 7.33. The third kappa shape index (κ3) is 2.74. The number of likely N-dealkylation sites (N-methyl/N-ethyl adjacent to an activating group) is 1. The Morgan fingerprint density at radius 1 is 1.24 bits per heavy atom. The zero-order chi connectivity index (χ0) is 14.8. The van der Waals surface area contributed by atoms with Crippen LogP contribution >= 0.6 is 0 Å². The van der Waals surface area contributed by atoms with Crippen LogP contribution in [0.1, 0.15) is 22.7 Å². The van der Waals surface area contributed by atoms with Crippen molar-refractivity contribution in [3.8, 4) is 11.5 Å². The molecule has 21 heavy (non-hydrogen) atoms. The summed E-state index contributed by atoms with van der Waals surface area (Å²) in [6.45, 7) is 1.03. The Balaban J connectivity index is 1.97. The van der Waals surface area contributed by atoms with E-state index in [1.54, 1.807) is 7.11 Å². The van der Waals surface area contributed by atoms with Crippen molar-refractivity contribution < 1.29 is 9.84 Å². The molecule has 1 aliphatic heterocycles. The fraction of sp³-hybridized carbons (Fsp3) is 0.333. The van der Waals surface area contributed by atoms with Gasteiger partial charge < -0.3 is 9.84 Å². The monoisotopic (exact) mass is 283 g/mol. The van der Waals surface area contributed by atoms with Crippen molar-refractivity contribution in [3.05, 3.63) is 59.2 Å². The van der Waals surface area contributed by atoms with Crippen molar-refractivity contribution in [2.45, 2.75) is 18.9 Å². The zero-order valence-corrected chi connectivity index (χ0v) is 12.5. The molecular formula is C18H21NO2. The molecule has 2 aromatic carbocycles. The first-order valence-corrected chi connectivity index (χ1v) is 7.33. The summed E-state index contributed by atoms with van der Waals surface area (Å²) in [7, 11) is 3.75. The first-order chi connectivity index (χ1) is 10.2. The molecule has 0 fully saturated rings. The summed E-state index contributed by atoms with van der Waals surface area (Å²) in [4.78, 5) is 2.36. The Labute approximate surface area is 125 Å². The molecule has 0 bridgehead atoms. The topological polar surface area (TPSA) is 32.7 Å². The van der Waals surface area contributed by atoms with Crippen LogP contribution in [0.25, 0.3) is 0 Å². The van der Waals surface area contributed by atoms with Crippen molar-refractivity contribution in [1.29, 1.82) is 0 Å². The van der Waals surface area contributed by atoms with Gasteiger partial charge in [-0.3, -0.25) is 4.90 Å². The molecule has 0 radical (unpaired) electrons. The average Bonchev–Trinajstić information content (AvgIpc) is 2.51. The molecule has 3 nitrogen and oxygen atoms in total. The number of aromatic hydroxyl groups is 1. The van der Waals surface area contributed by atoms with Crippen molar-refractivity contribution in [1.82, 2.24) is 4.90 Å². The van der Waals surface area contributed by atoms with Crippen LogP contribution in [0.2, 0.25) is 0 Å². The van der Waals surface area contributed by atoms with Gasteiger partial charge in [0.25, 0.3) is 0 Å². The van der Waals surface area contributed by atoms with Crippen LogP contribution in [-0.2, 0) is 12.8 Å². The van der Waals surface area contributed by atoms with E-state index >= 15 is 0 Å². The van der Waals surface area contributed by atoms with Gasteiger partial charge in [0.15, 0.2) is 11.5 Å². The number of phenols is 1. The van der Waals surface area contributed by atoms with Crippen LogP contribution in [0.15, 0.2) is 42.5 Å². The summed E-state index contributed by atoms with van der Waals surface area (Å²) in [5.41, 5.74) is 3.81. The number of phenolic OH excluding ortho intramolecular Hbond substituents is 1. The van der Waals surface area contributed by atoms with E-state index in [4.69, 9.17) is 4.74 Å². The van der Waals surface area contributed by atoms with E-state index in [-0.39, 0.29) is 5.75 Å². The number of fused-ring (bicyclic) bond motifs is 1. The molecule has 1 atom stereocenters. The van der Waals surface area contributed by atoms with Crippen molar-refractivity contribution in [3.63, 3.8) is 0 Å². The lowest BCUT2D eigenvalue weighted by Crippen LogP contribution is -2.33. The number of benzene rings is 2. The van der Waals surface area contributed by atoms with Crippen molar-refractivity contribution >= 4 is 0 Å². The van der Waals surface area contributed by atoms with E-state index in [1.165, 1.54) is 16.7 Å². The minimum Gasteiger partial charge on any atom is -0.504 e. The number of hydrogen-bond acceptors (Lipinski definition) is 3. The van der Waals surface area contributed by atoms with Crippen LogP contribution in [0.5, 0.6) is 11.5 Å². The molecule has 1 heterocycles. The second kappa shape index (κ2) is 5.78. The predicted octanol–water partition coefficient (Wildman–Crippen LogP) is 3.17. The average molecular weight is 283 g/mol. The van der Waals surface area contributed by atoms with Gasteiger partial charge >= 0.3 is 0 Å². The number of nitrogens with zero attached hydrogens (tertiary/aromatic N) is 1. The van der Waals surface area contributed by atoms with Gasteiger partial charge in [0, 0.05) is 12.6 Å². The molecular weight excluding hydrogens is 262 g/mol. The third-order valence-electron chi connectivity index (χ3n) is 4.34. The Morgan fingerprint density at radius 2 is 2.00 bits per heavy atom. The minimum atomic E-state index is 0.226. The van der Waals surface area contributed by atoms with Gasteiger partial charge in [-0.05, 0) is 48.7 Å². The van der Waals surface area contributed by atoms with Crippen LogP contribution in [0.3, 0.4) is 0 Å². The number of rotatable bonds is 3. The highest BCUT2D eigenvalue weighted by Gasteiger charge is 2.26. The van der Waals surface area contributed by atoms with Crippen LogP contribution < -0.4 is 4.74 Å². The van der Waals surface area contributed by atoms with Gasteiger partial charge in [-0.25, -0.2) is 0 Å². The second-order valence-corrected chi connectivity index (χ2v) is 5.66. The molecule has 3 heteroatoms. The molecule has 2 aromatic rings. The molecule has 0 saturated carbocycles. The SMILES string of the molecule is COc1cc2c(cc1O)C(Cc1ccccc1)N(C)CC2. The lowest BCUT2D eigenvalue weighted by atomic mass is 9.88. The Morgan fingerprint density at radius 3 is 2.71 bits per heavy atom. The Bertz CT molecular complexity index is 625. The minimum absolute atomic E-state index is 0.226. The lowest BCUT2D eigenvalue weighted by Gasteiger charge is -2.35. The molecule has 1 aliphatic rings. The van der Waals surface area contributed by atoms with E-state index in [9.17, 15) is 5.11 Å². The number of ether oxygens (including phenoxy) is 1. The maximum atomic E-state index is 10.1. The lowest BCUT2D eigenvalue weighted by molar-refractivity contribution is 0.228. The van der Waals surface area contributed by atoms with Gasteiger partial charge in [0.05, 0.1) is 7.11 Å². The van der Waals surface area contributed by atoms with Crippen molar-refractivity contribution in [2.24, 2.45) is 0 Å². The Kier molecular flexibility index (Phi) is 3.84. The largest absolute Gasteiger partial charge is 0.504 e. The van der Waals surface area contributed by atoms with Gasteiger partial charge in [0.1, 0.15) is 0 Å². The fourth-order valence-electron chi connectivity index (χ4n) is 3.11. The third-order valence-corrected chi connectivity index (χ3v) is 4.34. The number of methoxy groups -OCH3 is 1. The Hall–Kier alpha value is -2.00. The smallest absolute Gasteiger partial charge is 0.160 e. The molecule has 0 aromatic heterocycles. The molecule has 1 N–H and O–H groups in total. The molecule has 0 spiro atoms. The van der Waals surface area contributed by atoms with Gasteiger partial charge in [-0.15, -0.1) is 0 Å². The van der Waals surface area contributed by atoms with E-state index in [0.717, 1.165) is 19.4 Å².